The van der Waals surface area contributed by atoms with Crippen LogP contribution in [0.1, 0.15) is 36.5 Å². The zero-order chi connectivity index (χ0) is 23.8. The van der Waals surface area contributed by atoms with E-state index in [-0.39, 0.29) is 36.1 Å². The van der Waals surface area contributed by atoms with Crippen molar-refractivity contribution in [3.05, 3.63) is 42.0 Å². The molecule has 0 aliphatic carbocycles. The number of amides is 1. The van der Waals surface area contributed by atoms with Crippen molar-refractivity contribution >= 4 is 27.4 Å². The fraction of sp³-hybridized carbons (Fsp3) is 0.391. The van der Waals surface area contributed by atoms with Crippen molar-refractivity contribution in [2.75, 3.05) is 32.6 Å². The molecule has 9 nitrogen and oxygen atoms in total. The predicted molar refractivity (Wildman–Crippen MR) is 121 cm³/mol. The van der Waals surface area contributed by atoms with Gasteiger partial charge < -0.3 is 19.5 Å². The van der Waals surface area contributed by atoms with E-state index in [4.69, 9.17) is 14.2 Å². The Labute approximate surface area is 192 Å². The fourth-order valence-corrected chi connectivity index (χ4v) is 5.78. The van der Waals surface area contributed by atoms with E-state index < -0.39 is 15.6 Å². The number of hydrogen-bond acceptors (Lipinski definition) is 7. The normalized spacial score (nSPS) is 17.7. The Morgan fingerprint density at radius 1 is 1.06 bits per heavy atom. The van der Waals surface area contributed by atoms with E-state index in [1.165, 1.54) is 37.6 Å². The van der Waals surface area contributed by atoms with Crippen molar-refractivity contribution in [3.63, 3.8) is 0 Å². The number of nitrogens with zero attached hydrogens (tertiary/aromatic N) is 1. The summed E-state index contributed by atoms with van der Waals surface area (Å²) >= 11 is 0. The van der Waals surface area contributed by atoms with Crippen LogP contribution in [0.15, 0.2) is 41.3 Å². The van der Waals surface area contributed by atoms with E-state index in [0.717, 1.165) is 0 Å². The minimum Gasteiger partial charge on any atom is -0.493 e. The number of sulfonamides is 1. The highest BCUT2D eigenvalue weighted by atomic mass is 32.2. The monoisotopic (exact) mass is 474 g/mol. The van der Waals surface area contributed by atoms with Gasteiger partial charge in [-0.1, -0.05) is 0 Å². The number of methoxy groups -OCH3 is 2. The van der Waals surface area contributed by atoms with Gasteiger partial charge in [0.05, 0.1) is 31.1 Å². The van der Waals surface area contributed by atoms with Gasteiger partial charge in [0.25, 0.3) is 0 Å². The molecular weight excluding hydrogens is 448 g/mol. The summed E-state index contributed by atoms with van der Waals surface area (Å²) in [6, 6.07) is 9.38. The molecule has 1 saturated heterocycles. The largest absolute Gasteiger partial charge is 0.493 e. The molecule has 0 atom stereocenters. The fourth-order valence-electron chi connectivity index (χ4n) is 4.34. The second-order valence-corrected chi connectivity index (χ2v) is 10.1. The minimum absolute atomic E-state index is 0.0675. The molecule has 2 aliphatic heterocycles. The topological polar surface area (TPSA) is 111 Å². The molecule has 2 heterocycles. The van der Waals surface area contributed by atoms with E-state index in [1.807, 2.05) is 0 Å². The summed E-state index contributed by atoms with van der Waals surface area (Å²) < 4.78 is 44.8. The molecule has 1 amide bonds. The first-order valence-corrected chi connectivity index (χ1v) is 12.0. The van der Waals surface area contributed by atoms with E-state index >= 15 is 0 Å². The molecule has 2 aromatic rings. The maximum absolute atomic E-state index is 13.1. The predicted octanol–water partition coefficient (Wildman–Crippen LogP) is 2.85. The van der Waals surface area contributed by atoms with Crippen molar-refractivity contribution in [3.8, 4) is 17.2 Å². The molecule has 2 aliphatic rings. The molecule has 176 valence electrons. The number of hydrogen-bond donors (Lipinski definition) is 1. The van der Waals surface area contributed by atoms with Gasteiger partial charge in [-0.05, 0) is 36.4 Å². The van der Waals surface area contributed by atoms with Crippen LogP contribution in [0.25, 0.3) is 0 Å². The summed E-state index contributed by atoms with van der Waals surface area (Å²) in [5.41, 5.74) is 0.161. The summed E-state index contributed by atoms with van der Waals surface area (Å²) in [6.07, 6.45) is 0.901. The number of carbonyl (C=O) groups excluding carboxylic acids is 2. The lowest BCUT2D eigenvalue weighted by Crippen LogP contribution is -2.52. The highest BCUT2D eigenvalue weighted by Crippen LogP contribution is 2.48. The van der Waals surface area contributed by atoms with Gasteiger partial charge in [0.2, 0.25) is 21.7 Å². The zero-order valence-corrected chi connectivity index (χ0v) is 19.5. The lowest BCUT2D eigenvalue weighted by Gasteiger charge is -2.43. The average Bonchev–Trinajstić information content (AvgIpc) is 2.78. The quantitative estimate of drug-likeness (QED) is 0.709. The molecule has 0 unspecified atom stereocenters. The Bertz CT molecular complexity index is 1180. The van der Waals surface area contributed by atoms with Gasteiger partial charge in [0.15, 0.2) is 17.3 Å². The lowest BCUT2D eigenvalue weighted by atomic mass is 9.83. The van der Waals surface area contributed by atoms with Gasteiger partial charge in [-0.3, -0.25) is 9.59 Å². The summed E-state index contributed by atoms with van der Waals surface area (Å²) in [6.45, 7) is 1.81. The van der Waals surface area contributed by atoms with Gasteiger partial charge in [0.1, 0.15) is 5.60 Å². The summed E-state index contributed by atoms with van der Waals surface area (Å²) in [5, 5.41) is 2.62. The van der Waals surface area contributed by atoms with E-state index in [9.17, 15) is 18.0 Å². The second kappa shape index (κ2) is 8.68. The van der Waals surface area contributed by atoms with Crippen LogP contribution in [0, 0.1) is 0 Å². The smallest absolute Gasteiger partial charge is 0.243 e. The molecule has 1 spiro atoms. The SMILES string of the molecule is COc1ccc2c(c1OC)OC1(CCN(S(=O)(=O)c3ccc(NC(C)=O)cc3)CC1)CC2=O. The maximum atomic E-state index is 13.1. The highest BCUT2D eigenvalue weighted by molar-refractivity contribution is 7.89. The van der Waals surface area contributed by atoms with Crippen molar-refractivity contribution in [2.45, 2.75) is 36.7 Å². The number of anilines is 1. The van der Waals surface area contributed by atoms with Crippen LogP contribution >= 0.6 is 0 Å². The van der Waals surface area contributed by atoms with Crippen LogP contribution in [-0.2, 0) is 14.8 Å². The van der Waals surface area contributed by atoms with E-state index in [2.05, 4.69) is 5.32 Å². The molecule has 2 aromatic carbocycles. The summed E-state index contributed by atoms with van der Waals surface area (Å²) in [4.78, 5) is 24.2. The molecule has 10 heteroatoms. The first kappa shape index (κ1) is 23.1. The highest BCUT2D eigenvalue weighted by Gasteiger charge is 2.46. The van der Waals surface area contributed by atoms with Crippen LogP contribution in [-0.4, -0.2) is 57.3 Å². The standard InChI is InChI=1S/C23H26N2O7S/c1-15(26)24-16-4-6-17(7-5-16)33(28,29)25-12-10-23(11-13-25)14-19(27)18-8-9-20(30-2)22(31-3)21(18)32-23/h4-9H,10-14H2,1-3H3,(H,24,26). The second-order valence-electron chi connectivity index (χ2n) is 8.17. The first-order chi connectivity index (χ1) is 15.7. The van der Waals surface area contributed by atoms with Crippen molar-refractivity contribution < 1.29 is 32.2 Å². The number of nitrogens with one attached hydrogen (secondary N) is 1. The van der Waals surface area contributed by atoms with E-state index in [0.29, 0.717) is 41.3 Å². The van der Waals surface area contributed by atoms with Crippen LogP contribution < -0.4 is 19.5 Å². The minimum atomic E-state index is -3.72. The molecule has 0 bridgehead atoms. The number of ketones is 1. The molecule has 4 rings (SSSR count). The molecule has 1 N–H and O–H groups in total. The lowest BCUT2D eigenvalue weighted by molar-refractivity contribution is -0.114. The zero-order valence-electron chi connectivity index (χ0n) is 18.7. The van der Waals surface area contributed by atoms with Gasteiger partial charge in [0, 0.05) is 38.5 Å². The van der Waals surface area contributed by atoms with E-state index in [1.54, 1.807) is 24.3 Å². The number of fused-ring (bicyclic) bond motifs is 1. The number of ether oxygens (including phenoxy) is 3. The third kappa shape index (κ3) is 4.28. The van der Waals surface area contributed by atoms with Crippen molar-refractivity contribution in [1.82, 2.24) is 4.31 Å². The maximum Gasteiger partial charge on any atom is 0.243 e. The number of carbonyl (C=O) groups is 2. The van der Waals surface area contributed by atoms with Crippen LogP contribution in [0.2, 0.25) is 0 Å². The molecular formula is C23H26N2O7S. The summed E-state index contributed by atoms with van der Waals surface area (Å²) in [7, 11) is -0.728. The number of benzene rings is 2. The number of rotatable bonds is 5. The van der Waals surface area contributed by atoms with Gasteiger partial charge >= 0.3 is 0 Å². The van der Waals surface area contributed by atoms with Crippen molar-refractivity contribution in [2.24, 2.45) is 0 Å². The third-order valence-corrected chi connectivity index (χ3v) is 7.96. The molecule has 0 saturated carbocycles. The van der Waals surface area contributed by atoms with Gasteiger partial charge in [-0.15, -0.1) is 0 Å². The third-order valence-electron chi connectivity index (χ3n) is 6.05. The Kier molecular flexibility index (Phi) is 6.06. The molecule has 1 fully saturated rings. The number of piperidine rings is 1. The van der Waals surface area contributed by atoms with Gasteiger partial charge in [-0.25, -0.2) is 8.42 Å². The average molecular weight is 475 g/mol. The Morgan fingerprint density at radius 3 is 2.30 bits per heavy atom. The molecule has 33 heavy (non-hydrogen) atoms. The Hall–Kier alpha value is -3.11. The van der Waals surface area contributed by atoms with Crippen LogP contribution in [0.5, 0.6) is 17.2 Å². The van der Waals surface area contributed by atoms with Crippen LogP contribution in [0.3, 0.4) is 0 Å². The Balaban J connectivity index is 1.53. The Morgan fingerprint density at radius 2 is 1.73 bits per heavy atom. The van der Waals surface area contributed by atoms with Crippen molar-refractivity contribution in [1.29, 1.82) is 0 Å². The van der Waals surface area contributed by atoms with Gasteiger partial charge in [-0.2, -0.15) is 4.31 Å². The summed E-state index contributed by atoms with van der Waals surface area (Å²) in [5.74, 6) is 0.866. The molecule has 0 aromatic heterocycles. The van der Waals surface area contributed by atoms with Crippen LogP contribution in [0.4, 0.5) is 5.69 Å². The molecule has 0 radical (unpaired) electrons. The number of Topliss-reactive ketones (excluding diaryl/α,β-unsaturated/α-hetero) is 1. The first-order valence-electron chi connectivity index (χ1n) is 10.5.